The molecule has 0 radical (unpaired) electrons. The van der Waals surface area contributed by atoms with Gasteiger partial charge >= 0.3 is 5.97 Å². The smallest absolute Gasteiger partial charge is 0.328 e. The van der Waals surface area contributed by atoms with E-state index in [-0.39, 0.29) is 11.8 Å². The molecule has 9 nitrogen and oxygen atoms in total. The summed E-state index contributed by atoms with van der Waals surface area (Å²) in [6.45, 7) is 1.12. The minimum Gasteiger partial charge on any atom is -0.497 e. The van der Waals surface area contributed by atoms with Gasteiger partial charge in [-0.1, -0.05) is 50.3 Å². The lowest BCUT2D eigenvalue weighted by atomic mass is 9.81. The van der Waals surface area contributed by atoms with Gasteiger partial charge < -0.3 is 29.8 Å². The summed E-state index contributed by atoms with van der Waals surface area (Å²) < 4.78 is 14.1. The molecule has 2 aliphatic carbocycles. The van der Waals surface area contributed by atoms with Crippen LogP contribution in [-0.4, -0.2) is 46.7 Å². The molecule has 48 heavy (non-hydrogen) atoms. The Bertz CT molecular complexity index is 1880. The largest absolute Gasteiger partial charge is 0.497 e. The highest BCUT2D eigenvalue weighted by molar-refractivity contribution is 6.09. The molecule has 9 heteroatoms. The lowest BCUT2D eigenvalue weighted by Gasteiger charge is -2.30. The van der Waals surface area contributed by atoms with E-state index in [2.05, 4.69) is 33.4 Å². The Balaban J connectivity index is 1.22. The van der Waals surface area contributed by atoms with E-state index < -0.39 is 11.5 Å². The van der Waals surface area contributed by atoms with Crippen LogP contribution in [0.2, 0.25) is 0 Å². The number of carbonyl (C=O) groups is 3. The van der Waals surface area contributed by atoms with Crippen molar-refractivity contribution in [1.29, 1.82) is 0 Å². The summed E-state index contributed by atoms with van der Waals surface area (Å²) in [5.74, 6) is 0.205. The topological polar surface area (TPSA) is 119 Å². The van der Waals surface area contributed by atoms with Crippen LogP contribution in [0.5, 0.6) is 11.5 Å². The summed E-state index contributed by atoms with van der Waals surface area (Å²) in [5, 5.41) is 16.2. The Morgan fingerprint density at radius 1 is 0.938 bits per heavy atom. The Morgan fingerprint density at radius 3 is 2.35 bits per heavy atom. The second-order valence-corrected chi connectivity index (χ2v) is 13.2. The monoisotopic (exact) mass is 647 g/mol. The van der Waals surface area contributed by atoms with Gasteiger partial charge in [-0.15, -0.1) is 0 Å². The molecule has 0 bridgehead atoms. The fourth-order valence-electron chi connectivity index (χ4n) is 7.86. The number of hydrogen-bond donors (Lipinski definition) is 3. The number of amides is 2. The van der Waals surface area contributed by atoms with Crippen molar-refractivity contribution in [3.8, 4) is 22.8 Å². The summed E-state index contributed by atoms with van der Waals surface area (Å²) in [7, 11) is 1.68. The van der Waals surface area contributed by atoms with E-state index in [1.165, 1.54) is 36.6 Å². The first-order valence-corrected chi connectivity index (χ1v) is 17.0. The zero-order valence-corrected chi connectivity index (χ0v) is 27.2. The molecular weight excluding hydrogens is 606 g/mol. The number of aromatic nitrogens is 1. The quantitative estimate of drug-likeness (QED) is 0.162. The van der Waals surface area contributed by atoms with Gasteiger partial charge in [0.1, 0.15) is 17.9 Å². The fraction of sp³-hybridized carbons (Fsp3) is 0.359. The lowest BCUT2D eigenvalue weighted by Crippen LogP contribution is -2.55. The first kappa shape index (κ1) is 31.5. The highest BCUT2D eigenvalue weighted by Gasteiger charge is 2.43. The number of hydrogen-bond acceptors (Lipinski definition) is 5. The molecule has 2 saturated carbocycles. The zero-order valence-electron chi connectivity index (χ0n) is 27.2. The maximum absolute atomic E-state index is 14.2. The van der Waals surface area contributed by atoms with Gasteiger partial charge in [-0.25, -0.2) is 4.79 Å². The fourth-order valence-corrected chi connectivity index (χ4v) is 7.86. The second-order valence-electron chi connectivity index (χ2n) is 13.2. The van der Waals surface area contributed by atoms with E-state index >= 15 is 0 Å². The van der Waals surface area contributed by atoms with Crippen molar-refractivity contribution in [2.45, 2.75) is 75.8 Å². The molecule has 0 saturated heterocycles. The standard InChI is InChI=1S/C39H41N3O6/c1-47-29-16-12-27(13-17-29)34-33(26-7-3-2-4-8-26)30-18-19-31(36-35(30)42(34)23-24-48-36)37(45)41-39(21-5-6-22-39)38(46)40-28-14-9-25(10-15-28)11-20-32(43)44/h9-20,26H,2-8,21-24H2,1H3,(H,40,46)(H,41,45)(H,43,44). The van der Waals surface area contributed by atoms with E-state index in [1.807, 2.05) is 18.2 Å². The van der Waals surface area contributed by atoms with Crippen molar-refractivity contribution in [3.05, 3.63) is 83.4 Å². The maximum Gasteiger partial charge on any atom is 0.328 e. The summed E-state index contributed by atoms with van der Waals surface area (Å²) in [4.78, 5) is 38.8. The van der Waals surface area contributed by atoms with E-state index in [0.29, 0.717) is 54.5 Å². The Hall–Kier alpha value is -5.05. The van der Waals surface area contributed by atoms with Gasteiger partial charge in [-0.3, -0.25) is 9.59 Å². The van der Waals surface area contributed by atoms with Crippen molar-refractivity contribution in [2.24, 2.45) is 0 Å². The minimum atomic E-state index is -1.06. The predicted octanol–water partition coefficient (Wildman–Crippen LogP) is 7.54. The van der Waals surface area contributed by atoms with Crippen LogP contribution in [0.15, 0.2) is 66.7 Å². The summed E-state index contributed by atoms with van der Waals surface area (Å²) in [6.07, 6.45) is 11.2. The van der Waals surface area contributed by atoms with Crippen LogP contribution in [0.1, 0.15) is 85.2 Å². The van der Waals surface area contributed by atoms with Gasteiger partial charge in [0.05, 0.1) is 30.4 Å². The number of anilines is 1. The van der Waals surface area contributed by atoms with Crippen molar-refractivity contribution in [1.82, 2.24) is 9.88 Å². The maximum atomic E-state index is 14.2. The number of aliphatic carboxylic acids is 1. The molecule has 4 aromatic rings. The molecule has 1 aliphatic heterocycles. The second kappa shape index (κ2) is 13.2. The lowest BCUT2D eigenvalue weighted by molar-refractivity contribution is -0.131. The van der Waals surface area contributed by atoms with Gasteiger partial charge in [0.25, 0.3) is 5.91 Å². The summed E-state index contributed by atoms with van der Waals surface area (Å²) >= 11 is 0. The molecule has 2 amide bonds. The highest BCUT2D eigenvalue weighted by Crippen LogP contribution is 2.48. The van der Waals surface area contributed by atoms with Crippen molar-refractivity contribution >= 4 is 40.4 Å². The Kier molecular flexibility index (Phi) is 8.69. The van der Waals surface area contributed by atoms with Gasteiger partial charge in [0, 0.05) is 17.1 Å². The average molecular weight is 648 g/mol. The first-order valence-electron chi connectivity index (χ1n) is 17.0. The number of benzene rings is 3. The number of rotatable bonds is 9. The van der Waals surface area contributed by atoms with Crippen LogP contribution < -0.4 is 20.1 Å². The van der Waals surface area contributed by atoms with Gasteiger partial charge in [0.15, 0.2) is 5.75 Å². The van der Waals surface area contributed by atoms with Gasteiger partial charge in [0.2, 0.25) is 5.91 Å². The van der Waals surface area contributed by atoms with Gasteiger partial charge in [-0.05, 0) is 96.8 Å². The molecule has 2 fully saturated rings. The molecule has 3 aliphatic rings. The minimum absolute atomic E-state index is 0.262. The predicted molar refractivity (Wildman–Crippen MR) is 186 cm³/mol. The molecule has 0 unspecified atom stereocenters. The number of ether oxygens (including phenoxy) is 2. The van der Waals surface area contributed by atoms with Crippen LogP contribution in [0.25, 0.3) is 28.2 Å². The van der Waals surface area contributed by atoms with Crippen molar-refractivity contribution in [2.75, 3.05) is 19.0 Å². The number of carboxylic acids is 1. The van der Waals surface area contributed by atoms with Crippen LogP contribution >= 0.6 is 0 Å². The number of nitrogens with one attached hydrogen (secondary N) is 2. The van der Waals surface area contributed by atoms with Crippen molar-refractivity contribution < 1.29 is 29.0 Å². The third kappa shape index (κ3) is 5.93. The van der Waals surface area contributed by atoms with Crippen LogP contribution in [0.4, 0.5) is 5.69 Å². The molecule has 7 rings (SSSR count). The molecule has 0 spiro atoms. The first-order chi connectivity index (χ1) is 23.4. The van der Waals surface area contributed by atoms with Gasteiger partial charge in [-0.2, -0.15) is 0 Å². The number of methoxy groups -OCH3 is 1. The SMILES string of the molecule is COc1ccc(-c2c(C3CCCCC3)c3ccc(C(=O)NC4(C(=O)Nc5ccc(C=CC(=O)O)cc5)CCCC4)c4c3n2CCO4)cc1. The van der Waals surface area contributed by atoms with Crippen LogP contribution in [0, 0.1) is 0 Å². The number of nitrogens with zero attached hydrogens (tertiary/aromatic N) is 1. The molecule has 0 atom stereocenters. The van der Waals surface area contributed by atoms with E-state index in [0.717, 1.165) is 54.0 Å². The number of carbonyl (C=O) groups excluding carboxylic acids is 2. The molecule has 248 valence electrons. The van der Waals surface area contributed by atoms with Crippen LogP contribution in [0.3, 0.4) is 0 Å². The summed E-state index contributed by atoms with van der Waals surface area (Å²) in [6, 6.07) is 19.1. The Morgan fingerprint density at radius 2 is 1.67 bits per heavy atom. The molecule has 2 heterocycles. The summed E-state index contributed by atoms with van der Waals surface area (Å²) in [5.41, 5.74) is 5.26. The van der Waals surface area contributed by atoms with E-state index in [1.54, 1.807) is 31.4 Å². The third-order valence-electron chi connectivity index (χ3n) is 10.2. The van der Waals surface area contributed by atoms with E-state index in [9.17, 15) is 14.4 Å². The highest BCUT2D eigenvalue weighted by atomic mass is 16.5. The van der Waals surface area contributed by atoms with Crippen molar-refractivity contribution in [3.63, 3.8) is 0 Å². The number of carboxylic acid groups (broad SMARTS) is 1. The van der Waals surface area contributed by atoms with E-state index in [4.69, 9.17) is 14.6 Å². The molecular formula is C39H41N3O6. The zero-order chi connectivity index (χ0) is 33.3. The molecule has 3 aromatic carbocycles. The van der Waals surface area contributed by atoms with Crippen LogP contribution in [-0.2, 0) is 16.1 Å². The molecule has 3 N–H and O–H groups in total. The average Bonchev–Trinajstić information content (AvgIpc) is 3.73. The molecule has 1 aromatic heterocycles. The third-order valence-corrected chi connectivity index (χ3v) is 10.2. The normalized spacial score (nSPS) is 17.3. The Labute approximate surface area is 279 Å².